The number of rotatable bonds is 4. The Hall–Kier alpha value is -0.300. The molecule has 1 aliphatic rings. The van der Waals surface area contributed by atoms with E-state index < -0.39 is 9.05 Å². The summed E-state index contributed by atoms with van der Waals surface area (Å²) in [5.41, 5.74) is -0.0954. The van der Waals surface area contributed by atoms with E-state index in [1.807, 2.05) is 0 Å². The Balaban J connectivity index is 2.01. The van der Waals surface area contributed by atoms with Gasteiger partial charge in [0.15, 0.2) is 0 Å². The molecule has 1 saturated heterocycles. The third kappa shape index (κ3) is 4.10. The normalized spacial score (nSPS) is 21.9. The Morgan fingerprint density at radius 1 is 1.50 bits per heavy atom. The summed E-state index contributed by atoms with van der Waals surface area (Å²) in [6, 6.07) is 4.43. The van der Waals surface area contributed by atoms with Gasteiger partial charge in [-0.3, -0.25) is 0 Å². The summed E-state index contributed by atoms with van der Waals surface area (Å²) in [4.78, 5) is 0.0386. The molecule has 7 heteroatoms. The maximum Gasteiger partial charge on any atom is 0.261 e. The van der Waals surface area contributed by atoms with Gasteiger partial charge in [0, 0.05) is 10.7 Å². The largest absolute Gasteiger partial charge is 0.490 e. The fraction of sp³-hybridized carbons (Fsp3) is 0.538. The Morgan fingerprint density at radius 3 is 2.70 bits per heavy atom. The van der Waals surface area contributed by atoms with Gasteiger partial charge in [-0.25, -0.2) is 8.42 Å². The lowest BCUT2D eigenvalue weighted by molar-refractivity contribution is -0.0327. The molecule has 0 aromatic heterocycles. The summed E-state index contributed by atoms with van der Waals surface area (Å²) in [7, 11) is 1.56. The molecule has 1 unspecified atom stereocenters. The van der Waals surface area contributed by atoms with E-state index in [-0.39, 0.29) is 16.6 Å². The molecule has 20 heavy (non-hydrogen) atoms. The second-order valence-electron chi connectivity index (χ2n) is 5.38. The van der Waals surface area contributed by atoms with Crippen molar-refractivity contribution in [3.63, 3.8) is 0 Å². The summed E-state index contributed by atoms with van der Waals surface area (Å²) >= 11 is 3.28. The molecule has 0 bridgehead atoms. The van der Waals surface area contributed by atoms with Crippen LogP contribution < -0.4 is 4.74 Å². The monoisotopic (exact) mass is 382 g/mol. The summed E-state index contributed by atoms with van der Waals surface area (Å²) < 4.78 is 34.5. The number of hydrogen-bond acceptors (Lipinski definition) is 4. The van der Waals surface area contributed by atoms with Crippen LogP contribution in [-0.2, 0) is 13.8 Å². The molecule has 1 fully saturated rings. The van der Waals surface area contributed by atoms with Gasteiger partial charge in [0.1, 0.15) is 12.4 Å². The average molecular weight is 384 g/mol. The lowest BCUT2D eigenvalue weighted by atomic mass is 10.1. The van der Waals surface area contributed by atoms with E-state index in [0.29, 0.717) is 16.8 Å². The van der Waals surface area contributed by atoms with Gasteiger partial charge in [0.05, 0.1) is 21.1 Å². The molecule has 2 rings (SSSR count). The summed E-state index contributed by atoms with van der Waals surface area (Å²) in [6.45, 7) is 4.56. The standard InChI is InChI=1S/C13H16BrClO4S/c1-13(2)6-5-9(19-13)8-18-12-4-3-10(7-11(12)14)20(15,16)17/h3-4,7,9H,5-6,8H2,1-2H3. The molecule has 0 radical (unpaired) electrons. The molecular weight excluding hydrogens is 368 g/mol. The lowest BCUT2D eigenvalue weighted by Gasteiger charge is -2.19. The quantitative estimate of drug-likeness (QED) is 0.744. The first-order valence-corrected chi connectivity index (χ1v) is 9.32. The second-order valence-corrected chi connectivity index (χ2v) is 8.80. The van der Waals surface area contributed by atoms with Crippen molar-refractivity contribution in [1.82, 2.24) is 0 Å². The highest BCUT2D eigenvalue weighted by atomic mass is 79.9. The summed E-state index contributed by atoms with van der Waals surface area (Å²) in [5.74, 6) is 0.572. The first-order chi connectivity index (χ1) is 9.17. The summed E-state index contributed by atoms with van der Waals surface area (Å²) in [6.07, 6.45) is 2.03. The first kappa shape index (κ1) is 16.1. The minimum Gasteiger partial charge on any atom is -0.490 e. The summed E-state index contributed by atoms with van der Waals surface area (Å²) in [5, 5.41) is 0. The minimum absolute atomic E-state index is 0.0386. The van der Waals surface area contributed by atoms with Crippen LogP contribution in [0.4, 0.5) is 0 Å². The van der Waals surface area contributed by atoms with Gasteiger partial charge < -0.3 is 9.47 Å². The molecule has 0 amide bonds. The van der Waals surface area contributed by atoms with E-state index in [4.69, 9.17) is 20.2 Å². The highest BCUT2D eigenvalue weighted by Gasteiger charge is 2.32. The van der Waals surface area contributed by atoms with E-state index >= 15 is 0 Å². The van der Waals surface area contributed by atoms with Crippen LogP contribution in [0.25, 0.3) is 0 Å². The molecule has 0 saturated carbocycles. The molecule has 1 aromatic rings. The van der Waals surface area contributed by atoms with Crippen molar-refractivity contribution in [2.45, 2.75) is 43.3 Å². The van der Waals surface area contributed by atoms with Crippen LogP contribution in [0.15, 0.2) is 27.6 Å². The molecule has 1 atom stereocenters. The van der Waals surface area contributed by atoms with Crippen molar-refractivity contribution in [2.24, 2.45) is 0 Å². The van der Waals surface area contributed by atoms with Crippen LogP contribution >= 0.6 is 26.6 Å². The number of hydrogen-bond donors (Lipinski definition) is 0. The van der Waals surface area contributed by atoms with Gasteiger partial charge in [0.2, 0.25) is 0 Å². The van der Waals surface area contributed by atoms with Gasteiger partial charge in [-0.2, -0.15) is 0 Å². The average Bonchev–Trinajstić information content (AvgIpc) is 2.66. The predicted octanol–water partition coefficient (Wildman–Crippen LogP) is 3.71. The molecule has 0 spiro atoms. The Kier molecular flexibility index (Phi) is 4.69. The van der Waals surface area contributed by atoms with Gasteiger partial charge in [-0.05, 0) is 60.8 Å². The molecule has 0 N–H and O–H groups in total. The van der Waals surface area contributed by atoms with Crippen LogP contribution in [0.1, 0.15) is 26.7 Å². The van der Waals surface area contributed by atoms with Gasteiger partial charge in [-0.1, -0.05) is 0 Å². The number of halogens is 2. The highest BCUT2D eigenvalue weighted by molar-refractivity contribution is 9.10. The molecule has 1 aliphatic heterocycles. The van der Waals surface area contributed by atoms with E-state index in [1.165, 1.54) is 12.1 Å². The lowest BCUT2D eigenvalue weighted by Crippen LogP contribution is -2.23. The Labute approximate surface area is 132 Å². The van der Waals surface area contributed by atoms with Crippen LogP contribution in [0.2, 0.25) is 0 Å². The van der Waals surface area contributed by atoms with E-state index in [1.54, 1.807) is 6.07 Å². The van der Waals surface area contributed by atoms with E-state index in [9.17, 15) is 8.42 Å². The van der Waals surface area contributed by atoms with Crippen molar-refractivity contribution in [2.75, 3.05) is 6.61 Å². The fourth-order valence-electron chi connectivity index (χ4n) is 2.13. The van der Waals surface area contributed by atoms with E-state index in [2.05, 4.69) is 29.8 Å². The van der Waals surface area contributed by atoms with Gasteiger partial charge in [0.25, 0.3) is 9.05 Å². The third-order valence-corrected chi connectivity index (χ3v) is 5.13. The van der Waals surface area contributed by atoms with Crippen LogP contribution in [-0.4, -0.2) is 26.7 Å². The van der Waals surface area contributed by atoms with Gasteiger partial charge >= 0.3 is 0 Å². The van der Waals surface area contributed by atoms with Crippen molar-refractivity contribution in [1.29, 1.82) is 0 Å². The topological polar surface area (TPSA) is 52.6 Å². The number of benzene rings is 1. The maximum atomic E-state index is 11.2. The molecular formula is C13H16BrClO4S. The zero-order chi connectivity index (χ0) is 15.0. The molecule has 112 valence electrons. The molecule has 1 heterocycles. The van der Waals surface area contributed by atoms with Crippen molar-refractivity contribution < 1.29 is 17.9 Å². The molecule has 0 aliphatic carbocycles. The first-order valence-electron chi connectivity index (χ1n) is 6.22. The van der Waals surface area contributed by atoms with Crippen molar-refractivity contribution in [3.8, 4) is 5.75 Å². The van der Waals surface area contributed by atoms with Crippen molar-refractivity contribution >= 4 is 35.7 Å². The predicted molar refractivity (Wildman–Crippen MR) is 80.9 cm³/mol. The van der Waals surface area contributed by atoms with Crippen LogP contribution in [0, 0.1) is 0 Å². The highest BCUT2D eigenvalue weighted by Crippen LogP contribution is 2.32. The Morgan fingerprint density at radius 2 is 2.20 bits per heavy atom. The van der Waals surface area contributed by atoms with E-state index in [0.717, 1.165) is 12.8 Å². The Bertz CT molecular complexity index is 600. The molecule has 1 aromatic carbocycles. The fourth-order valence-corrected chi connectivity index (χ4v) is 3.55. The van der Waals surface area contributed by atoms with Crippen LogP contribution in [0.5, 0.6) is 5.75 Å². The van der Waals surface area contributed by atoms with Gasteiger partial charge in [-0.15, -0.1) is 0 Å². The third-order valence-electron chi connectivity index (χ3n) is 3.16. The molecule has 4 nitrogen and oxygen atoms in total. The van der Waals surface area contributed by atoms with Crippen molar-refractivity contribution in [3.05, 3.63) is 22.7 Å². The zero-order valence-electron chi connectivity index (χ0n) is 11.2. The smallest absolute Gasteiger partial charge is 0.261 e. The van der Waals surface area contributed by atoms with Crippen LogP contribution in [0.3, 0.4) is 0 Å². The zero-order valence-corrected chi connectivity index (χ0v) is 14.4. The second kappa shape index (κ2) is 5.83. The maximum absolute atomic E-state index is 11.2. The number of ether oxygens (including phenoxy) is 2. The minimum atomic E-state index is -3.73. The SMILES string of the molecule is CC1(C)CCC(COc2ccc(S(=O)(=O)Cl)cc2Br)O1.